The van der Waals surface area contributed by atoms with Gasteiger partial charge in [-0.3, -0.25) is 4.79 Å². The van der Waals surface area contributed by atoms with E-state index >= 15 is 0 Å². The molecule has 13 heavy (non-hydrogen) atoms. The number of carbonyl (C=O) groups excluding carboxylic acids is 1. The highest BCUT2D eigenvalue weighted by atomic mass is 16.5. The summed E-state index contributed by atoms with van der Waals surface area (Å²) in [7, 11) is 1.74. The van der Waals surface area contributed by atoms with E-state index in [1.807, 2.05) is 13.8 Å². The van der Waals surface area contributed by atoms with Gasteiger partial charge in [-0.1, -0.05) is 20.8 Å². The fraction of sp³-hybridized carbons (Fsp3) is 0.909. The number of rotatable bonds is 3. The van der Waals surface area contributed by atoms with Crippen LogP contribution in [-0.2, 0) is 9.53 Å². The molecule has 76 valence electrons. The fourth-order valence-electron chi connectivity index (χ4n) is 2.24. The minimum Gasteiger partial charge on any atom is -0.381 e. The van der Waals surface area contributed by atoms with Crippen molar-refractivity contribution in [1.82, 2.24) is 0 Å². The zero-order chi connectivity index (χ0) is 10.0. The molecule has 0 bridgehead atoms. The van der Waals surface area contributed by atoms with Crippen LogP contribution in [0.25, 0.3) is 0 Å². The van der Waals surface area contributed by atoms with Gasteiger partial charge >= 0.3 is 0 Å². The van der Waals surface area contributed by atoms with Crippen molar-refractivity contribution in [3.05, 3.63) is 0 Å². The number of ketones is 1. The van der Waals surface area contributed by atoms with Gasteiger partial charge in [0.2, 0.25) is 0 Å². The van der Waals surface area contributed by atoms with Crippen LogP contribution < -0.4 is 0 Å². The maximum absolute atomic E-state index is 11.7. The molecule has 0 N–H and O–H groups in total. The van der Waals surface area contributed by atoms with Crippen LogP contribution in [0.1, 0.15) is 33.6 Å². The number of hydrogen-bond acceptors (Lipinski definition) is 2. The number of hydrogen-bond donors (Lipinski definition) is 0. The van der Waals surface area contributed by atoms with Crippen molar-refractivity contribution in [2.24, 2.45) is 17.8 Å². The largest absolute Gasteiger partial charge is 0.381 e. The number of carbonyl (C=O) groups is 1. The molecule has 0 spiro atoms. The van der Waals surface area contributed by atoms with Crippen LogP contribution in [0.15, 0.2) is 0 Å². The topological polar surface area (TPSA) is 26.3 Å². The van der Waals surface area contributed by atoms with Gasteiger partial charge in [0.15, 0.2) is 0 Å². The van der Waals surface area contributed by atoms with E-state index in [1.54, 1.807) is 7.11 Å². The Kier molecular flexibility index (Phi) is 3.48. The average molecular weight is 184 g/mol. The number of ether oxygens (including phenoxy) is 1. The molecule has 2 heteroatoms. The van der Waals surface area contributed by atoms with Crippen molar-refractivity contribution in [3.8, 4) is 0 Å². The minimum atomic E-state index is 0.174. The summed E-state index contributed by atoms with van der Waals surface area (Å²) in [6.45, 7) is 6.13. The predicted octanol–water partition coefficient (Wildman–Crippen LogP) is 2.27. The van der Waals surface area contributed by atoms with Gasteiger partial charge in [0.25, 0.3) is 0 Å². The molecule has 0 radical (unpaired) electrons. The molecule has 1 fully saturated rings. The van der Waals surface area contributed by atoms with Gasteiger partial charge in [-0.05, 0) is 18.8 Å². The van der Waals surface area contributed by atoms with Crippen molar-refractivity contribution < 1.29 is 9.53 Å². The SMILES string of the molecule is CO[C@@H]1C[C@H](C(=O)C(C)C)C[C@H]1C. The lowest BCUT2D eigenvalue weighted by atomic mass is 9.93. The van der Waals surface area contributed by atoms with Crippen LogP contribution in [0, 0.1) is 17.8 Å². The molecular weight excluding hydrogens is 164 g/mol. The van der Waals surface area contributed by atoms with E-state index in [9.17, 15) is 4.79 Å². The van der Waals surface area contributed by atoms with Gasteiger partial charge in [0.05, 0.1) is 6.10 Å². The second-order valence-electron chi connectivity index (χ2n) is 4.48. The molecule has 1 aliphatic carbocycles. The second-order valence-corrected chi connectivity index (χ2v) is 4.48. The normalized spacial score (nSPS) is 34.1. The quantitative estimate of drug-likeness (QED) is 0.672. The Hall–Kier alpha value is -0.370. The van der Waals surface area contributed by atoms with Gasteiger partial charge in [-0.2, -0.15) is 0 Å². The maximum Gasteiger partial charge on any atom is 0.138 e. The first-order chi connectivity index (χ1) is 6.06. The standard InChI is InChI=1S/C11H20O2/c1-7(2)11(12)9-5-8(3)10(6-9)13-4/h7-10H,5-6H2,1-4H3/t8-,9-,10-/m1/s1. The van der Waals surface area contributed by atoms with E-state index in [-0.39, 0.29) is 11.8 Å². The highest BCUT2D eigenvalue weighted by molar-refractivity contribution is 5.83. The van der Waals surface area contributed by atoms with Crippen molar-refractivity contribution >= 4 is 5.78 Å². The lowest BCUT2D eigenvalue weighted by Crippen LogP contribution is -2.18. The first-order valence-electron chi connectivity index (χ1n) is 5.12. The summed E-state index contributed by atoms with van der Waals surface area (Å²) in [6, 6.07) is 0. The lowest BCUT2D eigenvalue weighted by Gasteiger charge is -2.12. The molecule has 0 heterocycles. The van der Waals surface area contributed by atoms with Crippen LogP contribution in [0.2, 0.25) is 0 Å². The van der Waals surface area contributed by atoms with Crippen molar-refractivity contribution in [3.63, 3.8) is 0 Å². The highest BCUT2D eigenvalue weighted by Crippen LogP contribution is 2.34. The Bertz CT molecular complexity index is 187. The van der Waals surface area contributed by atoms with E-state index in [0.29, 0.717) is 17.8 Å². The van der Waals surface area contributed by atoms with Crippen LogP contribution in [0.3, 0.4) is 0 Å². The molecule has 0 aliphatic heterocycles. The Balaban J connectivity index is 2.53. The molecule has 1 saturated carbocycles. The molecular formula is C11H20O2. The average Bonchev–Trinajstić information content (AvgIpc) is 2.45. The van der Waals surface area contributed by atoms with E-state index in [1.165, 1.54) is 0 Å². The van der Waals surface area contributed by atoms with Crippen LogP contribution in [-0.4, -0.2) is 19.0 Å². The first-order valence-corrected chi connectivity index (χ1v) is 5.12. The summed E-state index contributed by atoms with van der Waals surface area (Å²) in [5, 5.41) is 0. The minimum absolute atomic E-state index is 0.174. The van der Waals surface area contributed by atoms with Crippen molar-refractivity contribution in [2.75, 3.05) is 7.11 Å². The van der Waals surface area contributed by atoms with Crippen LogP contribution in [0.4, 0.5) is 0 Å². The summed E-state index contributed by atoms with van der Waals surface area (Å²) in [6.07, 6.45) is 2.23. The molecule has 0 aromatic carbocycles. The van der Waals surface area contributed by atoms with E-state index < -0.39 is 0 Å². The molecule has 0 unspecified atom stereocenters. The third-order valence-electron chi connectivity index (χ3n) is 3.08. The highest BCUT2D eigenvalue weighted by Gasteiger charge is 2.35. The second kappa shape index (κ2) is 4.23. The van der Waals surface area contributed by atoms with Gasteiger partial charge in [-0.15, -0.1) is 0 Å². The summed E-state index contributed by atoms with van der Waals surface area (Å²) in [4.78, 5) is 11.7. The van der Waals surface area contributed by atoms with Gasteiger partial charge in [-0.25, -0.2) is 0 Å². The number of methoxy groups -OCH3 is 1. The summed E-state index contributed by atoms with van der Waals surface area (Å²) < 4.78 is 5.33. The summed E-state index contributed by atoms with van der Waals surface area (Å²) in [5.74, 6) is 1.37. The van der Waals surface area contributed by atoms with Crippen molar-refractivity contribution in [1.29, 1.82) is 0 Å². The summed E-state index contributed by atoms with van der Waals surface area (Å²) >= 11 is 0. The monoisotopic (exact) mass is 184 g/mol. The maximum atomic E-state index is 11.7. The Morgan fingerprint density at radius 1 is 1.38 bits per heavy atom. The van der Waals surface area contributed by atoms with E-state index in [4.69, 9.17) is 4.74 Å². The predicted molar refractivity (Wildman–Crippen MR) is 52.5 cm³/mol. The first kappa shape index (κ1) is 10.7. The van der Waals surface area contributed by atoms with Crippen LogP contribution >= 0.6 is 0 Å². The third-order valence-corrected chi connectivity index (χ3v) is 3.08. The Morgan fingerprint density at radius 2 is 2.00 bits per heavy atom. The Labute approximate surface area is 80.7 Å². The van der Waals surface area contributed by atoms with Gasteiger partial charge in [0, 0.05) is 18.9 Å². The van der Waals surface area contributed by atoms with E-state index in [0.717, 1.165) is 12.8 Å². The smallest absolute Gasteiger partial charge is 0.138 e. The fourth-order valence-corrected chi connectivity index (χ4v) is 2.24. The van der Waals surface area contributed by atoms with Gasteiger partial charge in [0.1, 0.15) is 5.78 Å². The number of Topliss-reactive ketones (excluding diaryl/α,β-unsaturated/α-hetero) is 1. The van der Waals surface area contributed by atoms with E-state index in [2.05, 4.69) is 6.92 Å². The Morgan fingerprint density at radius 3 is 2.38 bits per heavy atom. The molecule has 1 rings (SSSR count). The lowest BCUT2D eigenvalue weighted by molar-refractivity contribution is -0.125. The zero-order valence-electron chi connectivity index (χ0n) is 9.04. The third kappa shape index (κ3) is 2.31. The summed E-state index contributed by atoms with van der Waals surface area (Å²) in [5.41, 5.74) is 0. The molecule has 0 aromatic heterocycles. The molecule has 0 amide bonds. The molecule has 3 atom stereocenters. The molecule has 2 nitrogen and oxygen atoms in total. The zero-order valence-corrected chi connectivity index (χ0v) is 9.04. The van der Waals surface area contributed by atoms with Gasteiger partial charge < -0.3 is 4.74 Å². The van der Waals surface area contributed by atoms with Crippen molar-refractivity contribution in [2.45, 2.75) is 39.7 Å². The molecule has 1 aliphatic rings. The van der Waals surface area contributed by atoms with Crippen LogP contribution in [0.5, 0.6) is 0 Å². The molecule has 0 aromatic rings. The molecule has 0 saturated heterocycles.